The third-order valence-electron chi connectivity index (χ3n) is 2.46. The van der Waals surface area contributed by atoms with E-state index in [1.165, 1.54) is 5.56 Å². The standard InChI is InChI=1S/C12H21N3O/c1-3-5-15-6-4-11(9-15)8-14-10(2)7-12(13)16/h4,6,9-10,14H,3,5,7-8H2,1-2H3,(H2,13,16). The first-order chi connectivity index (χ1) is 7.61. The molecule has 0 fully saturated rings. The topological polar surface area (TPSA) is 60.1 Å². The fraction of sp³-hybridized carbons (Fsp3) is 0.583. The molecule has 0 aliphatic rings. The second kappa shape index (κ2) is 6.33. The number of primary amides is 1. The van der Waals surface area contributed by atoms with E-state index in [-0.39, 0.29) is 11.9 Å². The highest BCUT2D eigenvalue weighted by atomic mass is 16.1. The zero-order valence-electron chi connectivity index (χ0n) is 10.1. The van der Waals surface area contributed by atoms with E-state index in [0.717, 1.165) is 19.5 Å². The van der Waals surface area contributed by atoms with Crippen LogP contribution in [-0.2, 0) is 17.9 Å². The van der Waals surface area contributed by atoms with Gasteiger partial charge in [0.05, 0.1) is 0 Å². The van der Waals surface area contributed by atoms with E-state index in [4.69, 9.17) is 5.73 Å². The van der Waals surface area contributed by atoms with Crippen LogP contribution < -0.4 is 11.1 Å². The molecule has 1 aromatic rings. The molecule has 0 saturated heterocycles. The van der Waals surface area contributed by atoms with E-state index >= 15 is 0 Å². The lowest BCUT2D eigenvalue weighted by Crippen LogP contribution is -2.30. The van der Waals surface area contributed by atoms with Crippen LogP contribution >= 0.6 is 0 Å². The number of carbonyl (C=O) groups is 1. The molecule has 1 rings (SSSR count). The van der Waals surface area contributed by atoms with E-state index < -0.39 is 0 Å². The lowest BCUT2D eigenvalue weighted by atomic mass is 10.2. The number of hydrogen-bond donors (Lipinski definition) is 2. The van der Waals surface area contributed by atoms with Crippen molar-refractivity contribution in [2.45, 2.75) is 45.8 Å². The molecule has 4 heteroatoms. The summed E-state index contributed by atoms with van der Waals surface area (Å²) in [4.78, 5) is 10.7. The lowest BCUT2D eigenvalue weighted by Gasteiger charge is -2.10. The van der Waals surface area contributed by atoms with Gasteiger partial charge in [-0.15, -0.1) is 0 Å². The van der Waals surface area contributed by atoms with Crippen molar-refractivity contribution in [2.24, 2.45) is 5.73 Å². The van der Waals surface area contributed by atoms with Crippen molar-refractivity contribution >= 4 is 5.91 Å². The Morgan fingerprint density at radius 1 is 1.62 bits per heavy atom. The van der Waals surface area contributed by atoms with Crippen LogP contribution in [-0.4, -0.2) is 16.5 Å². The third-order valence-corrected chi connectivity index (χ3v) is 2.46. The smallest absolute Gasteiger partial charge is 0.218 e. The number of hydrogen-bond acceptors (Lipinski definition) is 2. The van der Waals surface area contributed by atoms with Crippen molar-refractivity contribution in [2.75, 3.05) is 0 Å². The first-order valence-corrected chi connectivity index (χ1v) is 5.78. The SMILES string of the molecule is CCCn1ccc(CNC(C)CC(N)=O)c1. The summed E-state index contributed by atoms with van der Waals surface area (Å²) < 4.78 is 2.18. The molecule has 0 aliphatic heterocycles. The number of aromatic nitrogens is 1. The van der Waals surface area contributed by atoms with Gasteiger partial charge in [0, 0.05) is 37.9 Å². The fourth-order valence-electron chi connectivity index (χ4n) is 1.66. The Hall–Kier alpha value is -1.29. The number of nitrogens with zero attached hydrogens (tertiary/aromatic N) is 1. The summed E-state index contributed by atoms with van der Waals surface area (Å²) in [5.74, 6) is -0.261. The molecule has 0 spiro atoms. The normalized spacial score (nSPS) is 12.6. The molecule has 0 aromatic carbocycles. The van der Waals surface area contributed by atoms with Crippen LogP contribution in [0.3, 0.4) is 0 Å². The quantitative estimate of drug-likeness (QED) is 0.731. The van der Waals surface area contributed by atoms with Gasteiger partial charge in [-0.2, -0.15) is 0 Å². The summed E-state index contributed by atoms with van der Waals surface area (Å²) in [6.45, 7) is 5.96. The van der Waals surface area contributed by atoms with Gasteiger partial charge in [0.25, 0.3) is 0 Å². The highest BCUT2D eigenvalue weighted by molar-refractivity contribution is 5.74. The zero-order valence-corrected chi connectivity index (χ0v) is 10.1. The first-order valence-electron chi connectivity index (χ1n) is 5.78. The second-order valence-corrected chi connectivity index (χ2v) is 4.21. The third kappa shape index (κ3) is 4.49. The Balaban J connectivity index is 2.33. The van der Waals surface area contributed by atoms with E-state index in [2.05, 4.69) is 35.3 Å². The van der Waals surface area contributed by atoms with Gasteiger partial charge in [0.2, 0.25) is 5.91 Å². The molecule has 1 amide bonds. The van der Waals surface area contributed by atoms with Crippen molar-refractivity contribution < 1.29 is 4.79 Å². The number of nitrogens with one attached hydrogen (secondary N) is 1. The number of amides is 1. The summed E-state index contributed by atoms with van der Waals surface area (Å²) in [7, 11) is 0. The Morgan fingerprint density at radius 3 is 3.00 bits per heavy atom. The van der Waals surface area contributed by atoms with Crippen LogP contribution in [0.15, 0.2) is 18.5 Å². The monoisotopic (exact) mass is 223 g/mol. The van der Waals surface area contributed by atoms with E-state index in [1.807, 2.05) is 6.92 Å². The Morgan fingerprint density at radius 2 is 2.38 bits per heavy atom. The first kappa shape index (κ1) is 12.8. The number of aryl methyl sites for hydroxylation is 1. The molecule has 90 valence electrons. The molecule has 1 unspecified atom stereocenters. The summed E-state index contributed by atoms with van der Waals surface area (Å²) in [5, 5.41) is 3.27. The van der Waals surface area contributed by atoms with Crippen LogP contribution in [0.4, 0.5) is 0 Å². The largest absolute Gasteiger partial charge is 0.370 e. The van der Waals surface area contributed by atoms with Crippen molar-refractivity contribution in [3.63, 3.8) is 0 Å². The average Bonchev–Trinajstić information content (AvgIpc) is 2.62. The lowest BCUT2D eigenvalue weighted by molar-refractivity contribution is -0.118. The maximum atomic E-state index is 10.7. The van der Waals surface area contributed by atoms with Gasteiger partial charge in [0.1, 0.15) is 0 Å². The molecule has 4 nitrogen and oxygen atoms in total. The molecular formula is C12H21N3O. The van der Waals surface area contributed by atoms with Crippen LogP contribution in [0.1, 0.15) is 32.3 Å². The molecule has 0 aliphatic carbocycles. The van der Waals surface area contributed by atoms with E-state index in [1.54, 1.807) is 0 Å². The van der Waals surface area contributed by atoms with Crippen LogP contribution in [0.25, 0.3) is 0 Å². The molecule has 0 saturated carbocycles. The molecule has 1 aromatic heterocycles. The molecule has 0 radical (unpaired) electrons. The molecule has 1 heterocycles. The molecular weight excluding hydrogens is 202 g/mol. The van der Waals surface area contributed by atoms with Crippen LogP contribution in [0.2, 0.25) is 0 Å². The van der Waals surface area contributed by atoms with Crippen molar-refractivity contribution in [1.29, 1.82) is 0 Å². The number of carbonyl (C=O) groups excluding carboxylic acids is 1. The minimum Gasteiger partial charge on any atom is -0.370 e. The predicted molar refractivity (Wildman–Crippen MR) is 64.8 cm³/mol. The molecule has 1 atom stereocenters. The summed E-state index contributed by atoms with van der Waals surface area (Å²) in [5.41, 5.74) is 6.36. The molecule has 16 heavy (non-hydrogen) atoms. The van der Waals surface area contributed by atoms with Crippen molar-refractivity contribution in [1.82, 2.24) is 9.88 Å². The van der Waals surface area contributed by atoms with Gasteiger partial charge in [-0.25, -0.2) is 0 Å². The summed E-state index contributed by atoms with van der Waals surface area (Å²) >= 11 is 0. The maximum absolute atomic E-state index is 10.7. The van der Waals surface area contributed by atoms with Gasteiger partial charge in [-0.05, 0) is 25.0 Å². The zero-order chi connectivity index (χ0) is 12.0. The average molecular weight is 223 g/mol. The van der Waals surface area contributed by atoms with E-state index in [0.29, 0.717) is 6.42 Å². The molecule has 3 N–H and O–H groups in total. The van der Waals surface area contributed by atoms with E-state index in [9.17, 15) is 4.79 Å². The van der Waals surface area contributed by atoms with Gasteiger partial charge >= 0.3 is 0 Å². The minimum atomic E-state index is -0.261. The van der Waals surface area contributed by atoms with Gasteiger partial charge in [-0.3, -0.25) is 4.79 Å². The second-order valence-electron chi connectivity index (χ2n) is 4.21. The minimum absolute atomic E-state index is 0.132. The Kier molecular flexibility index (Phi) is 5.05. The Bertz CT molecular complexity index is 333. The highest BCUT2D eigenvalue weighted by Gasteiger charge is 2.05. The van der Waals surface area contributed by atoms with Gasteiger partial charge in [0.15, 0.2) is 0 Å². The Labute approximate surface area is 96.8 Å². The van der Waals surface area contributed by atoms with Gasteiger partial charge < -0.3 is 15.6 Å². The fourth-order valence-corrected chi connectivity index (χ4v) is 1.66. The van der Waals surface area contributed by atoms with Gasteiger partial charge in [-0.1, -0.05) is 6.92 Å². The van der Waals surface area contributed by atoms with Crippen LogP contribution in [0, 0.1) is 0 Å². The number of nitrogens with two attached hydrogens (primary N) is 1. The summed E-state index contributed by atoms with van der Waals surface area (Å²) in [6, 6.07) is 2.23. The van der Waals surface area contributed by atoms with Crippen molar-refractivity contribution in [3.8, 4) is 0 Å². The maximum Gasteiger partial charge on any atom is 0.218 e. The summed E-state index contributed by atoms with van der Waals surface area (Å²) in [6.07, 6.45) is 5.74. The van der Waals surface area contributed by atoms with Crippen molar-refractivity contribution in [3.05, 3.63) is 24.0 Å². The number of rotatable bonds is 7. The molecule has 0 bridgehead atoms. The predicted octanol–water partition coefficient (Wildman–Crippen LogP) is 1.25. The highest BCUT2D eigenvalue weighted by Crippen LogP contribution is 2.03. The van der Waals surface area contributed by atoms with Crippen LogP contribution in [0.5, 0.6) is 0 Å².